The van der Waals surface area contributed by atoms with Gasteiger partial charge in [0.15, 0.2) is 11.5 Å². The summed E-state index contributed by atoms with van der Waals surface area (Å²) in [4.78, 5) is 0. The Kier molecular flexibility index (Phi) is 6.10. The molecule has 0 bridgehead atoms. The highest BCUT2D eigenvalue weighted by Gasteiger charge is 2.18. The monoisotopic (exact) mass is 433 g/mol. The first-order valence-corrected chi connectivity index (χ1v) is 9.11. The summed E-state index contributed by atoms with van der Waals surface area (Å²) >= 11 is 8.68. The number of thiophene rings is 1. The van der Waals surface area contributed by atoms with Crippen LogP contribution in [0.4, 0.5) is 0 Å². The maximum Gasteiger partial charge on any atom is 0.162 e. The molecule has 0 radical (unpaired) electrons. The van der Waals surface area contributed by atoms with Crippen molar-refractivity contribution in [3.63, 3.8) is 0 Å². The van der Waals surface area contributed by atoms with Crippen LogP contribution in [0.25, 0.3) is 0 Å². The molecule has 0 fully saturated rings. The van der Waals surface area contributed by atoms with Crippen molar-refractivity contribution in [3.05, 3.63) is 43.0 Å². The van der Waals surface area contributed by atoms with E-state index >= 15 is 0 Å². The molecule has 6 heteroatoms. The Morgan fingerprint density at radius 2 is 1.71 bits per heavy atom. The second kappa shape index (κ2) is 7.63. The molecular weight excluding hydrogens is 418 g/mol. The summed E-state index contributed by atoms with van der Waals surface area (Å²) in [6.07, 6.45) is 0. The SMILES string of the molecule is CCOc1cc(Br)c(C(N)c2csc(Br)c2)cc1OCC. The van der Waals surface area contributed by atoms with Crippen molar-refractivity contribution in [2.45, 2.75) is 19.9 Å². The van der Waals surface area contributed by atoms with Crippen LogP contribution in [0.3, 0.4) is 0 Å². The van der Waals surface area contributed by atoms with E-state index < -0.39 is 0 Å². The molecule has 0 saturated heterocycles. The van der Waals surface area contributed by atoms with Gasteiger partial charge in [0.1, 0.15) is 0 Å². The number of halogens is 2. The van der Waals surface area contributed by atoms with E-state index in [4.69, 9.17) is 15.2 Å². The molecule has 0 spiro atoms. The van der Waals surface area contributed by atoms with Crippen LogP contribution < -0.4 is 15.2 Å². The molecule has 114 valence electrons. The normalized spacial score (nSPS) is 12.2. The van der Waals surface area contributed by atoms with Crippen molar-refractivity contribution in [1.29, 1.82) is 0 Å². The fraction of sp³-hybridized carbons (Fsp3) is 0.333. The smallest absolute Gasteiger partial charge is 0.162 e. The average Bonchev–Trinajstić information content (AvgIpc) is 2.88. The quantitative estimate of drug-likeness (QED) is 0.686. The molecule has 2 rings (SSSR count). The van der Waals surface area contributed by atoms with E-state index in [1.165, 1.54) is 0 Å². The van der Waals surface area contributed by atoms with Gasteiger partial charge in [0, 0.05) is 4.47 Å². The van der Waals surface area contributed by atoms with Crippen molar-refractivity contribution < 1.29 is 9.47 Å². The highest BCUT2D eigenvalue weighted by molar-refractivity contribution is 9.11. The van der Waals surface area contributed by atoms with Gasteiger partial charge in [0.25, 0.3) is 0 Å². The minimum Gasteiger partial charge on any atom is -0.490 e. The van der Waals surface area contributed by atoms with Crippen LogP contribution >= 0.6 is 43.2 Å². The molecule has 0 saturated carbocycles. The third-order valence-electron chi connectivity index (χ3n) is 2.94. The zero-order chi connectivity index (χ0) is 15.4. The van der Waals surface area contributed by atoms with Crippen LogP contribution in [0.5, 0.6) is 11.5 Å². The fourth-order valence-corrected chi connectivity index (χ4v) is 3.77. The number of hydrogen-bond donors (Lipinski definition) is 1. The lowest BCUT2D eigenvalue weighted by molar-refractivity contribution is 0.287. The lowest BCUT2D eigenvalue weighted by Crippen LogP contribution is -2.12. The van der Waals surface area contributed by atoms with Gasteiger partial charge in [0.2, 0.25) is 0 Å². The largest absolute Gasteiger partial charge is 0.490 e. The van der Waals surface area contributed by atoms with Gasteiger partial charge in [-0.1, -0.05) is 15.9 Å². The van der Waals surface area contributed by atoms with Crippen molar-refractivity contribution in [3.8, 4) is 11.5 Å². The molecule has 0 aliphatic carbocycles. The third kappa shape index (κ3) is 4.00. The van der Waals surface area contributed by atoms with Gasteiger partial charge >= 0.3 is 0 Å². The number of rotatable bonds is 6. The second-order valence-corrected chi connectivity index (χ2v) is 7.49. The number of nitrogens with two attached hydrogens (primary N) is 1. The van der Waals surface area contributed by atoms with Gasteiger partial charge in [-0.05, 0) is 64.5 Å². The van der Waals surface area contributed by atoms with Crippen molar-refractivity contribution in [2.75, 3.05) is 13.2 Å². The number of hydrogen-bond acceptors (Lipinski definition) is 4. The summed E-state index contributed by atoms with van der Waals surface area (Å²) < 4.78 is 13.3. The highest BCUT2D eigenvalue weighted by atomic mass is 79.9. The van der Waals surface area contributed by atoms with E-state index in [1.807, 2.05) is 32.0 Å². The second-order valence-electron chi connectivity index (χ2n) is 4.35. The molecule has 3 nitrogen and oxygen atoms in total. The van der Waals surface area contributed by atoms with Crippen LogP contribution in [0, 0.1) is 0 Å². The summed E-state index contributed by atoms with van der Waals surface area (Å²) in [6, 6.07) is 5.70. The van der Waals surface area contributed by atoms with Crippen LogP contribution in [0.15, 0.2) is 31.8 Å². The van der Waals surface area contributed by atoms with Crippen LogP contribution in [-0.4, -0.2) is 13.2 Å². The minimum atomic E-state index is -0.211. The van der Waals surface area contributed by atoms with Crippen LogP contribution in [0.2, 0.25) is 0 Å². The molecule has 21 heavy (non-hydrogen) atoms. The zero-order valence-electron chi connectivity index (χ0n) is 11.9. The predicted octanol–water partition coefficient (Wildman–Crippen LogP) is 5.12. The van der Waals surface area contributed by atoms with Crippen molar-refractivity contribution >= 4 is 43.2 Å². The van der Waals surface area contributed by atoms with Crippen molar-refractivity contribution in [1.82, 2.24) is 0 Å². The number of benzene rings is 1. The third-order valence-corrected chi connectivity index (χ3v) is 5.15. The van der Waals surface area contributed by atoms with E-state index in [-0.39, 0.29) is 6.04 Å². The van der Waals surface area contributed by atoms with Crippen LogP contribution in [0.1, 0.15) is 31.0 Å². The van der Waals surface area contributed by atoms with Gasteiger partial charge < -0.3 is 15.2 Å². The fourth-order valence-electron chi connectivity index (χ4n) is 1.99. The molecule has 1 atom stereocenters. The summed E-state index contributed by atoms with van der Waals surface area (Å²) in [7, 11) is 0. The number of ether oxygens (including phenoxy) is 2. The molecule has 1 heterocycles. The van der Waals surface area contributed by atoms with Gasteiger partial charge in [-0.15, -0.1) is 11.3 Å². The average molecular weight is 435 g/mol. The zero-order valence-corrected chi connectivity index (χ0v) is 15.8. The first kappa shape index (κ1) is 16.8. The van der Waals surface area contributed by atoms with E-state index in [9.17, 15) is 0 Å². The lowest BCUT2D eigenvalue weighted by atomic mass is 10.0. The molecular formula is C15H17Br2NO2S. The summed E-state index contributed by atoms with van der Waals surface area (Å²) in [5, 5.41) is 2.05. The molecule has 2 aromatic rings. The molecule has 1 aromatic heterocycles. The predicted molar refractivity (Wildman–Crippen MR) is 94.5 cm³/mol. The van der Waals surface area contributed by atoms with Crippen LogP contribution in [-0.2, 0) is 0 Å². The van der Waals surface area contributed by atoms with Gasteiger partial charge in [-0.25, -0.2) is 0 Å². The molecule has 1 unspecified atom stereocenters. The Morgan fingerprint density at radius 3 is 2.24 bits per heavy atom. The van der Waals surface area contributed by atoms with E-state index in [1.54, 1.807) is 11.3 Å². The standard InChI is InChI=1S/C15H17Br2NO2S/c1-3-19-12-6-10(11(16)7-13(12)20-4-2)15(18)9-5-14(17)21-8-9/h5-8,15H,3-4,18H2,1-2H3. The van der Waals surface area contributed by atoms with Gasteiger partial charge in [-0.2, -0.15) is 0 Å². The molecule has 0 aliphatic heterocycles. The topological polar surface area (TPSA) is 44.5 Å². The summed E-state index contributed by atoms with van der Waals surface area (Å²) in [5.41, 5.74) is 8.43. The maximum absolute atomic E-state index is 6.38. The molecule has 0 amide bonds. The summed E-state index contributed by atoms with van der Waals surface area (Å²) in [6.45, 7) is 5.08. The Bertz CT molecular complexity index is 616. The Morgan fingerprint density at radius 1 is 1.10 bits per heavy atom. The Labute approximate surface area is 145 Å². The van der Waals surface area contributed by atoms with Gasteiger partial charge in [0.05, 0.1) is 23.0 Å². The molecule has 0 aliphatic rings. The maximum atomic E-state index is 6.38. The first-order chi connectivity index (χ1) is 10.1. The summed E-state index contributed by atoms with van der Waals surface area (Å²) in [5.74, 6) is 1.45. The van der Waals surface area contributed by atoms with Gasteiger partial charge in [-0.3, -0.25) is 0 Å². The molecule has 1 aromatic carbocycles. The van der Waals surface area contributed by atoms with Crippen molar-refractivity contribution in [2.24, 2.45) is 5.73 Å². The Balaban J connectivity index is 2.40. The first-order valence-electron chi connectivity index (χ1n) is 6.65. The minimum absolute atomic E-state index is 0.211. The van der Waals surface area contributed by atoms with E-state index in [2.05, 4.69) is 37.2 Å². The highest BCUT2D eigenvalue weighted by Crippen LogP contribution is 2.38. The molecule has 2 N–H and O–H groups in total. The Hall–Kier alpha value is -0.560. The van der Waals surface area contributed by atoms with E-state index in [0.717, 1.165) is 30.9 Å². The lowest BCUT2D eigenvalue weighted by Gasteiger charge is -2.17. The van der Waals surface area contributed by atoms with E-state index in [0.29, 0.717) is 13.2 Å².